The third-order valence-electron chi connectivity index (χ3n) is 6.92. The Balaban J connectivity index is 1.57. The van der Waals surface area contributed by atoms with Gasteiger partial charge in [-0.15, -0.1) is 0 Å². The van der Waals surface area contributed by atoms with Crippen LogP contribution in [0.1, 0.15) is 32.0 Å². The fraction of sp³-hybridized carbons (Fsp3) is 0.560. The molecule has 0 spiro atoms. The first-order valence-corrected chi connectivity index (χ1v) is 14.0. The molecule has 39 heavy (non-hydrogen) atoms. The van der Waals surface area contributed by atoms with Crippen molar-refractivity contribution < 1.29 is 31.5 Å². The van der Waals surface area contributed by atoms with Crippen LogP contribution in [0.5, 0.6) is 0 Å². The zero-order valence-corrected chi connectivity index (χ0v) is 23.5. The summed E-state index contributed by atoms with van der Waals surface area (Å²) in [5, 5.41) is 7.25. The van der Waals surface area contributed by atoms with E-state index in [1.54, 1.807) is 4.90 Å². The molecule has 0 bridgehead atoms. The van der Waals surface area contributed by atoms with Crippen molar-refractivity contribution in [2.24, 2.45) is 5.41 Å². The minimum atomic E-state index is -3.59. The Labute approximate surface area is 226 Å². The Morgan fingerprint density at radius 2 is 1.77 bits per heavy atom. The van der Waals surface area contributed by atoms with E-state index in [9.17, 15) is 26.8 Å². The third kappa shape index (κ3) is 5.83. The van der Waals surface area contributed by atoms with Gasteiger partial charge in [-0.25, -0.2) is 13.6 Å². The molecule has 0 unspecified atom stereocenters. The molecule has 1 saturated heterocycles. The van der Waals surface area contributed by atoms with Gasteiger partial charge < -0.3 is 15.0 Å². The number of nitrogens with one attached hydrogen (secondary N) is 1. The molecule has 1 aromatic heterocycles. The van der Waals surface area contributed by atoms with Gasteiger partial charge in [0.1, 0.15) is 6.04 Å². The summed E-state index contributed by atoms with van der Waals surface area (Å²) in [5.41, 5.74) is 1.09. The van der Waals surface area contributed by atoms with Crippen LogP contribution in [0.4, 0.5) is 13.6 Å². The van der Waals surface area contributed by atoms with Crippen LogP contribution in [0.2, 0.25) is 0 Å². The summed E-state index contributed by atoms with van der Waals surface area (Å²) < 4.78 is 61.5. The quantitative estimate of drug-likeness (QED) is 0.588. The summed E-state index contributed by atoms with van der Waals surface area (Å²) in [5.74, 6) is -2.36. The summed E-state index contributed by atoms with van der Waals surface area (Å²) in [7, 11) is -0.685. The van der Waals surface area contributed by atoms with Crippen molar-refractivity contribution >= 4 is 22.1 Å². The molecule has 2 aliphatic rings. The average molecular weight is 569 g/mol. The number of rotatable bonds is 5. The van der Waals surface area contributed by atoms with E-state index in [1.165, 1.54) is 29.1 Å². The maximum absolute atomic E-state index is 14.0. The van der Waals surface area contributed by atoms with E-state index >= 15 is 0 Å². The molecule has 2 aliphatic heterocycles. The molecule has 11 nitrogen and oxygen atoms in total. The summed E-state index contributed by atoms with van der Waals surface area (Å²) in [4.78, 5) is 28.7. The van der Waals surface area contributed by atoms with E-state index < -0.39 is 39.3 Å². The molecule has 0 aliphatic carbocycles. The van der Waals surface area contributed by atoms with Crippen LogP contribution in [0, 0.1) is 17.0 Å². The van der Waals surface area contributed by atoms with Crippen LogP contribution < -0.4 is 5.32 Å². The number of amides is 2. The number of aromatic nitrogens is 2. The second-order valence-corrected chi connectivity index (χ2v) is 13.0. The van der Waals surface area contributed by atoms with Gasteiger partial charge in [0.05, 0.1) is 24.6 Å². The predicted molar refractivity (Wildman–Crippen MR) is 139 cm³/mol. The van der Waals surface area contributed by atoms with E-state index in [0.717, 1.165) is 16.4 Å². The number of hydrogen-bond donors (Lipinski definition) is 1. The van der Waals surface area contributed by atoms with Crippen LogP contribution in [-0.2, 0) is 32.8 Å². The van der Waals surface area contributed by atoms with Crippen LogP contribution in [0.15, 0.2) is 18.2 Å². The highest BCUT2D eigenvalue weighted by molar-refractivity contribution is 7.86. The van der Waals surface area contributed by atoms with Gasteiger partial charge in [-0.1, -0.05) is 20.8 Å². The molecule has 1 N–H and O–H groups in total. The second-order valence-electron chi connectivity index (χ2n) is 10.9. The van der Waals surface area contributed by atoms with Gasteiger partial charge in [0, 0.05) is 57.8 Å². The molecular formula is C25H34F2N6O5S. The first-order valence-electron chi connectivity index (χ1n) is 12.6. The van der Waals surface area contributed by atoms with Gasteiger partial charge in [-0.05, 0) is 23.6 Å². The Morgan fingerprint density at radius 1 is 1.10 bits per heavy atom. The Morgan fingerprint density at radius 3 is 2.36 bits per heavy atom. The number of piperazine rings is 1. The highest BCUT2D eigenvalue weighted by Gasteiger charge is 2.39. The van der Waals surface area contributed by atoms with Crippen molar-refractivity contribution in [1.82, 2.24) is 28.6 Å². The topological polar surface area (TPSA) is 117 Å². The zero-order chi connectivity index (χ0) is 28.7. The molecule has 3 heterocycles. The summed E-state index contributed by atoms with van der Waals surface area (Å²) in [6.45, 7) is 6.61. The number of hydrogen-bond acceptors (Lipinski definition) is 6. The van der Waals surface area contributed by atoms with Crippen LogP contribution in [0.25, 0.3) is 11.3 Å². The number of carbonyl (C=O) groups excluding carboxylic acids is 2. The van der Waals surface area contributed by atoms with Gasteiger partial charge >= 0.3 is 6.03 Å². The van der Waals surface area contributed by atoms with Gasteiger partial charge in [0.2, 0.25) is 5.91 Å². The fourth-order valence-electron chi connectivity index (χ4n) is 4.67. The second kappa shape index (κ2) is 10.9. The van der Waals surface area contributed by atoms with Gasteiger partial charge in [0.15, 0.2) is 11.6 Å². The largest absolute Gasteiger partial charge is 0.376 e. The van der Waals surface area contributed by atoms with Gasteiger partial charge in [-0.3, -0.25) is 4.79 Å². The molecule has 2 amide bonds. The van der Waals surface area contributed by atoms with Crippen LogP contribution in [-0.4, -0.2) is 96.6 Å². The maximum atomic E-state index is 14.0. The number of carbonyl (C=O) groups is 2. The van der Waals surface area contributed by atoms with E-state index in [1.807, 2.05) is 20.8 Å². The number of benzene rings is 1. The van der Waals surface area contributed by atoms with E-state index in [0.29, 0.717) is 35.5 Å². The molecule has 1 aromatic carbocycles. The molecule has 1 fully saturated rings. The molecule has 1 atom stereocenters. The normalized spacial score (nSPS) is 17.7. The number of halogens is 2. The monoisotopic (exact) mass is 568 g/mol. The Hall–Kier alpha value is -2.94. The van der Waals surface area contributed by atoms with Crippen molar-refractivity contribution in [2.45, 2.75) is 39.8 Å². The van der Waals surface area contributed by atoms with Crippen LogP contribution in [0.3, 0.4) is 0 Å². The minimum absolute atomic E-state index is 0.140. The highest BCUT2D eigenvalue weighted by atomic mass is 32.2. The molecule has 14 heteroatoms. The summed E-state index contributed by atoms with van der Waals surface area (Å²) in [6.07, 6.45) is 0.371. The first-order chi connectivity index (χ1) is 18.2. The lowest BCUT2D eigenvalue weighted by Gasteiger charge is -2.39. The Bertz CT molecular complexity index is 1360. The van der Waals surface area contributed by atoms with Crippen LogP contribution >= 0.6 is 0 Å². The van der Waals surface area contributed by atoms with Crippen molar-refractivity contribution in [1.29, 1.82) is 0 Å². The zero-order valence-electron chi connectivity index (χ0n) is 22.7. The van der Waals surface area contributed by atoms with Gasteiger partial charge in [0.25, 0.3) is 10.2 Å². The maximum Gasteiger partial charge on any atom is 0.343 e. The summed E-state index contributed by atoms with van der Waals surface area (Å²) >= 11 is 0. The molecule has 4 rings (SSSR count). The molecule has 0 radical (unpaired) electrons. The minimum Gasteiger partial charge on any atom is -0.376 e. The predicted octanol–water partition coefficient (Wildman–Crippen LogP) is 1.82. The number of fused-ring (bicyclic) bond motifs is 1. The standard InChI is InChI=1S/C25H34F2N6O5S/c1-25(2,3)22(23(34)31-9-11-32(12-10-31)39(36,37)30(4)5)28-24(35)33-20-8-13-38-15-17(20)21(29-33)16-6-7-18(26)19(27)14-16/h6-7,14,22H,8-13,15H2,1-5H3,(H,28,35)/t22-/m1/s1. The molecule has 2 aromatic rings. The lowest BCUT2D eigenvalue weighted by atomic mass is 9.85. The molecule has 214 valence electrons. The molecule has 0 saturated carbocycles. The average Bonchev–Trinajstić information content (AvgIpc) is 3.27. The van der Waals surface area contributed by atoms with Gasteiger partial charge in [-0.2, -0.15) is 26.8 Å². The third-order valence-corrected chi connectivity index (χ3v) is 8.86. The van der Waals surface area contributed by atoms with Crippen molar-refractivity contribution in [2.75, 3.05) is 46.9 Å². The highest BCUT2D eigenvalue weighted by Crippen LogP contribution is 2.30. The molecular weight excluding hydrogens is 534 g/mol. The smallest absolute Gasteiger partial charge is 0.343 e. The van der Waals surface area contributed by atoms with Crippen molar-refractivity contribution in [3.8, 4) is 11.3 Å². The van der Waals surface area contributed by atoms with E-state index in [2.05, 4.69) is 10.4 Å². The lowest BCUT2D eigenvalue weighted by Crippen LogP contribution is -2.60. The van der Waals surface area contributed by atoms with Crippen molar-refractivity contribution in [3.05, 3.63) is 41.1 Å². The van der Waals surface area contributed by atoms with E-state index in [4.69, 9.17) is 4.74 Å². The van der Waals surface area contributed by atoms with E-state index in [-0.39, 0.29) is 38.7 Å². The summed E-state index contributed by atoms with van der Waals surface area (Å²) in [6, 6.07) is 1.83. The number of ether oxygens (including phenoxy) is 1. The van der Waals surface area contributed by atoms with Crippen molar-refractivity contribution in [3.63, 3.8) is 0 Å². The fourth-order valence-corrected chi connectivity index (χ4v) is 5.75. The Kier molecular flexibility index (Phi) is 8.13. The number of nitrogens with zero attached hydrogens (tertiary/aromatic N) is 5. The first kappa shape index (κ1) is 29.1. The lowest BCUT2D eigenvalue weighted by molar-refractivity contribution is -0.137. The SMILES string of the molecule is CN(C)S(=O)(=O)N1CCN(C(=O)[C@@H](NC(=O)n2nc(-c3ccc(F)c(F)c3)c3c2CCOC3)C(C)(C)C)CC1.